The van der Waals surface area contributed by atoms with Crippen molar-refractivity contribution in [1.82, 2.24) is 10.6 Å². The largest absolute Gasteiger partial charge is 0.465 e. The molecule has 2 aliphatic rings. The van der Waals surface area contributed by atoms with E-state index in [1.54, 1.807) is 23.1 Å². The molecule has 2 heterocycles. The third kappa shape index (κ3) is 9.61. The van der Waals surface area contributed by atoms with Crippen molar-refractivity contribution in [2.75, 3.05) is 24.5 Å². The number of aryl methyl sites for hydroxylation is 1. The first-order valence-electron chi connectivity index (χ1n) is 19.0. The maximum atomic E-state index is 11.2. The Morgan fingerprint density at radius 3 is 2.18 bits per heavy atom. The second-order valence-electron chi connectivity index (χ2n) is 14.9. The number of carbonyl (C=O) groups is 2. The zero-order valence-electron chi connectivity index (χ0n) is 31.7. The number of allylic oxidation sites excluding steroid dienone is 6. The average Bonchev–Trinajstić information content (AvgIpc) is 3.70. The van der Waals surface area contributed by atoms with Crippen LogP contribution in [0.5, 0.6) is 0 Å². The van der Waals surface area contributed by atoms with E-state index in [-0.39, 0.29) is 5.41 Å². The molecule has 1 aromatic heterocycles. The quantitative estimate of drug-likeness (QED) is 0.0700. The van der Waals surface area contributed by atoms with E-state index in [4.69, 9.17) is 10.2 Å². The summed E-state index contributed by atoms with van der Waals surface area (Å²) >= 11 is 3.52. The van der Waals surface area contributed by atoms with Gasteiger partial charge in [0.1, 0.15) is 4.70 Å². The number of hydrogen-bond donors (Lipinski definition) is 4. The Morgan fingerprint density at radius 2 is 1.48 bits per heavy atom. The molecule has 0 radical (unpaired) electrons. The SMILES string of the molecule is CC1(C)CC(C=CC=C2Sc3ccc(-c4ccccc4)cc3N2CCCNC(=O)O)=CC(=Cc2sc3cc(-c4ccccc4)ccc3[n+]2CCCNC(=O)O)C1. The zero-order valence-corrected chi connectivity index (χ0v) is 33.3. The molecule has 0 bridgehead atoms. The number of thioether (sulfide) groups is 1. The molecule has 0 saturated carbocycles. The Labute approximate surface area is 336 Å². The summed E-state index contributed by atoms with van der Waals surface area (Å²) in [7, 11) is 0. The summed E-state index contributed by atoms with van der Waals surface area (Å²) in [6, 6.07) is 34.0. The van der Waals surface area contributed by atoms with Gasteiger partial charge < -0.3 is 25.7 Å². The Balaban J connectivity index is 1.17. The molecule has 56 heavy (non-hydrogen) atoms. The van der Waals surface area contributed by atoms with Crippen LogP contribution in [0.25, 0.3) is 38.5 Å². The molecule has 4 N–H and O–H groups in total. The fourth-order valence-electron chi connectivity index (χ4n) is 7.50. The molecule has 5 aromatic rings. The van der Waals surface area contributed by atoms with Gasteiger partial charge in [-0.05, 0) is 88.4 Å². The van der Waals surface area contributed by atoms with Crippen LogP contribution in [0, 0.1) is 5.41 Å². The zero-order chi connectivity index (χ0) is 39.1. The minimum absolute atomic E-state index is 0.0656. The van der Waals surface area contributed by atoms with Crippen molar-refractivity contribution in [2.45, 2.75) is 51.0 Å². The van der Waals surface area contributed by atoms with Gasteiger partial charge in [0.15, 0.2) is 6.54 Å². The van der Waals surface area contributed by atoms with Crippen LogP contribution in [-0.2, 0) is 6.54 Å². The summed E-state index contributed by atoms with van der Waals surface area (Å²) in [5.41, 5.74) is 9.55. The minimum Gasteiger partial charge on any atom is -0.465 e. The van der Waals surface area contributed by atoms with E-state index < -0.39 is 12.2 Å². The van der Waals surface area contributed by atoms with E-state index in [0.29, 0.717) is 39.0 Å². The van der Waals surface area contributed by atoms with Crippen molar-refractivity contribution in [3.8, 4) is 22.3 Å². The third-order valence-corrected chi connectivity index (χ3v) is 12.2. The lowest BCUT2D eigenvalue weighted by atomic mass is 9.75. The van der Waals surface area contributed by atoms with Crippen molar-refractivity contribution in [1.29, 1.82) is 0 Å². The summed E-state index contributed by atoms with van der Waals surface area (Å²) in [6.45, 7) is 6.82. The fraction of sp³-hybridized carbons (Fsp3) is 0.239. The number of thiazole rings is 1. The van der Waals surface area contributed by atoms with Gasteiger partial charge in [-0.25, -0.2) is 9.59 Å². The van der Waals surface area contributed by atoms with Crippen LogP contribution in [0.15, 0.2) is 142 Å². The first kappa shape index (κ1) is 38.7. The Hall–Kier alpha value is -5.58. The molecule has 2 amide bonds. The highest BCUT2D eigenvalue weighted by Crippen LogP contribution is 2.48. The number of aromatic nitrogens is 1. The highest BCUT2D eigenvalue weighted by atomic mass is 32.2. The number of anilines is 1. The number of fused-ring (bicyclic) bond motifs is 2. The van der Waals surface area contributed by atoms with E-state index in [1.807, 2.05) is 12.1 Å². The van der Waals surface area contributed by atoms with Crippen LogP contribution >= 0.6 is 23.1 Å². The normalized spacial score (nSPS) is 16.4. The van der Waals surface area contributed by atoms with Gasteiger partial charge in [-0.1, -0.05) is 122 Å². The molecule has 1 aliphatic heterocycles. The van der Waals surface area contributed by atoms with Crippen molar-refractivity contribution in [3.63, 3.8) is 0 Å². The van der Waals surface area contributed by atoms with Gasteiger partial charge in [0, 0.05) is 43.1 Å². The van der Waals surface area contributed by atoms with Crippen molar-refractivity contribution in [2.24, 2.45) is 5.41 Å². The number of rotatable bonds is 13. The van der Waals surface area contributed by atoms with Crippen LogP contribution in [0.1, 0.15) is 44.5 Å². The minimum atomic E-state index is -1.00. The Morgan fingerprint density at radius 1 is 0.821 bits per heavy atom. The second kappa shape index (κ2) is 17.5. The summed E-state index contributed by atoms with van der Waals surface area (Å²) in [6.07, 6.45) is 12.5. The molecular formula is C46H47N4O4S2+. The van der Waals surface area contributed by atoms with Gasteiger partial charge in [0.25, 0.3) is 5.01 Å². The summed E-state index contributed by atoms with van der Waals surface area (Å²) in [4.78, 5) is 25.8. The lowest BCUT2D eigenvalue weighted by Gasteiger charge is -2.30. The number of benzene rings is 4. The van der Waals surface area contributed by atoms with E-state index >= 15 is 0 Å². The van der Waals surface area contributed by atoms with Gasteiger partial charge in [0.05, 0.1) is 10.7 Å². The predicted octanol–water partition coefficient (Wildman–Crippen LogP) is 11.0. The molecule has 10 heteroatoms. The number of nitrogens with one attached hydrogen (secondary N) is 2. The van der Waals surface area contributed by atoms with Gasteiger partial charge >= 0.3 is 12.2 Å². The molecular weight excluding hydrogens is 737 g/mol. The standard InChI is InChI=1S/C46H46N4O4S2/c1-46(2)30-32(12-9-17-42-50(25-11-23-48-45(53)54)39-28-36(19-21-40(39)55-42)34-13-5-3-6-14-34)26-33(31-46)27-43-49(24-10-22-47-44(51)52)38-20-18-37(29-41(38)56-43)35-15-7-4-8-16-35/h3-9,12-21,26-29,47-48H,10-11,22-25,30-31H2,1-2H3,(H-,51,52,53,54)/p+1. The van der Waals surface area contributed by atoms with Gasteiger partial charge in [-0.15, -0.1) is 0 Å². The number of amides is 2. The number of carboxylic acid groups (broad SMARTS) is 2. The molecule has 7 rings (SSSR count). The van der Waals surface area contributed by atoms with Crippen molar-refractivity contribution < 1.29 is 24.4 Å². The van der Waals surface area contributed by atoms with Crippen LogP contribution in [0.4, 0.5) is 15.3 Å². The first-order valence-corrected chi connectivity index (χ1v) is 20.6. The first-order chi connectivity index (χ1) is 27.1. The highest BCUT2D eigenvalue weighted by molar-refractivity contribution is 8.03. The monoisotopic (exact) mass is 783 g/mol. The Bertz CT molecular complexity index is 2350. The highest BCUT2D eigenvalue weighted by Gasteiger charge is 2.28. The Kier molecular flexibility index (Phi) is 12.1. The lowest BCUT2D eigenvalue weighted by molar-refractivity contribution is -0.669. The fourth-order valence-corrected chi connectivity index (χ4v) is 9.79. The number of nitrogens with zero attached hydrogens (tertiary/aromatic N) is 2. The second-order valence-corrected chi connectivity index (χ2v) is 17.1. The molecule has 0 fully saturated rings. The molecule has 4 aromatic carbocycles. The van der Waals surface area contributed by atoms with E-state index in [0.717, 1.165) is 45.2 Å². The summed E-state index contributed by atoms with van der Waals surface area (Å²) in [5, 5.41) is 25.6. The maximum Gasteiger partial charge on any atom is 0.404 e. The van der Waals surface area contributed by atoms with E-state index in [1.165, 1.54) is 31.9 Å². The van der Waals surface area contributed by atoms with Crippen molar-refractivity contribution >= 4 is 57.3 Å². The topological polar surface area (TPSA) is 106 Å². The predicted molar refractivity (Wildman–Crippen MR) is 230 cm³/mol. The summed E-state index contributed by atoms with van der Waals surface area (Å²) in [5.74, 6) is 0. The molecule has 0 unspecified atom stereocenters. The average molecular weight is 784 g/mol. The molecule has 0 spiro atoms. The van der Waals surface area contributed by atoms with Crippen LogP contribution in [0.3, 0.4) is 0 Å². The van der Waals surface area contributed by atoms with Crippen LogP contribution in [0.2, 0.25) is 0 Å². The third-order valence-electron chi connectivity index (χ3n) is 9.94. The molecule has 1 aliphatic carbocycles. The van der Waals surface area contributed by atoms with Gasteiger partial charge in [0.2, 0.25) is 5.52 Å². The smallest absolute Gasteiger partial charge is 0.404 e. The van der Waals surface area contributed by atoms with Crippen LogP contribution < -0.4 is 20.1 Å². The number of hydrogen-bond acceptors (Lipinski definition) is 5. The molecule has 8 nitrogen and oxygen atoms in total. The van der Waals surface area contributed by atoms with Crippen molar-refractivity contribution in [3.05, 3.63) is 143 Å². The summed E-state index contributed by atoms with van der Waals surface area (Å²) < 4.78 is 3.53. The molecule has 0 saturated heterocycles. The lowest BCUT2D eigenvalue weighted by Crippen LogP contribution is -2.37. The van der Waals surface area contributed by atoms with Gasteiger partial charge in [-0.2, -0.15) is 4.57 Å². The van der Waals surface area contributed by atoms with Gasteiger partial charge in [-0.3, -0.25) is 0 Å². The van der Waals surface area contributed by atoms with Crippen LogP contribution in [-0.4, -0.2) is 42.0 Å². The molecule has 0 atom stereocenters. The van der Waals surface area contributed by atoms with E-state index in [9.17, 15) is 9.59 Å². The maximum absolute atomic E-state index is 11.2. The van der Waals surface area contributed by atoms with E-state index in [2.05, 4.69) is 149 Å². The molecule has 286 valence electrons.